The number of carbonyl (C=O) groups excluding carboxylic acids is 1. The Morgan fingerprint density at radius 1 is 1.65 bits per heavy atom. The summed E-state index contributed by atoms with van der Waals surface area (Å²) in [6.07, 6.45) is 2.45. The Kier molecular flexibility index (Phi) is 4.61. The fraction of sp³-hybridized carbons (Fsp3) is 0.583. The summed E-state index contributed by atoms with van der Waals surface area (Å²) in [5, 5.41) is 7.18. The van der Waals surface area contributed by atoms with Gasteiger partial charge in [0.2, 0.25) is 0 Å². The molecule has 1 saturated heterocycles. The van der Waals surface area contributed by atoms with E-state index in [1.165, 1.54) is 13.3 Å². The minimum atomic E-state index is -0.547. The minimum Gasteiger partial charge on any atom is -0.468 e. The Morgan fingerprint density at radius 2 is 2.40 bits per heavy atom. The number of rotatable bonds is 4. The molecule has 1 aliphatic heterocycles. The van der Waals surface area contributed by atoms with Gasteiger partial charge in [0.05, 0.1) is 19.0 Å². The highest BCUT2D eigenvalue weighted by molar-refractivity contribution is 6.32. The first kappa shape index (κ1) is 14.8. The van der Waals surface area contributed by atoms with E-state index in [9.17, 15) is 9.59 Å². The molecule has 2 rings (SSSR count). The van der Waals surface area contributed by atoms with E-state index in [4.69, 9.17) is 11.6 Å². The number of ether oxygens (including phenoxy) is 1. The molecule has 1 aromatic heterocycles. The van der Waals surface area contributed by atoms with E-state index in [-0.39, 0.29) is 17.6 Å². The summed E-state index contributed by atoms with van der Waals surface area (Å²) in [4.78, 5) is 25.3. The lowest BCUT2D eigenvalue weighted by atomic mass is 10.2. The van der Waals surface area contributed by atoms with E-state index in [1.807, 2.05) is 7.05 Å². The molecule has 0 spiro atoms. The number of aromatic nitrogens is 2. The molecule has 7 nitrogen and oxygen atoms in total. The van der Waals surface area contributed by atoms with Crippen LogP contribution in [0.1, 0.15) is 6.42 Å². The molecule has 0 radical (unpaired) electrons. The smallest absolute Gasteiger partial charge is 0.327 e. The summed E-state index contributed by atoms with van der Waals surface area (Å²) in [6.45, 7) is 1.64. The maximum absolute atomic E-state index is 12.0. The van der Waals surface area contributed by atoms with E-state index >= 15 is 0 Å². The zero-order valence-electron chi connectivity index (χ0n) is 11.4. The standard InChI is InChI=1S/C12H17ClN4O3/c1-16-4-3-8(6-16)15-9-5-14-17(7-10(18)20-2)12(19)11(9)13/h5,8,15H,3-4,6-7H2,1-2H3. The van der Waals surface area contributed by atoms with Crippen LogP contribution >= 0.6 is 11.6 Å². The number of esters is 1. The average Bonchev–Trinajstić information content (AvgIpc) is 2.83. The lowest BCUT2D eigenvalue weighted by Crippen LogP contribution is -2.30. The van der Waals surface area contributed by atoms with Gasteiger partial charge in [0.15, 0.2) is 0 Å². The highest BCUT2D eigenvalue weighted by Gasteiger charge is 2.21. The number of anilines is 1. The molecule has 1 aliphatic rings. The molecule has 1 aromatic rings. The van der Waals surface area contributed by atoms with Gasteiger partial charge in [-0.3, -0.25) is 9.59 Å². The van der Waals surface area contributed by atoms with Crippen LogP contribution in [0.25, 0.3) is 0 Å². The van der Waals surface area contributed by atoms with Gasteiger partial charge < -0.3 is 15.0 Å². The largest absolute Gasteiger partial charge is 0.468 e. The molecule has 8 heteroatoms. The predicted molar refractivity (Wildman–Crippen MR) is 75.0 cm³/mol. The van der Waals surface area contributed by atoms with Gasteiger partial charge in [-0.2, -0.15) is 5.10 Å². The van der Waals surface area contributed by atoms with E-state index in [2.05, 4.69) is 20.1 Å². The summed E-state index contributed by atoms with van der Waals surface area (Å²) in [6, 6.07) is 0.246. The Bertz CT molecular complexity index is 560. The van der Waals surface area contributed by atoms with Gasteiger partial charge in [-0.1, -0.05) is 11.6 Å². The highest BCUT2D eigenvalue weighted by atomic mass is 35.5. The van der Waals surface area contributed by atoms with Crippen LogP contribution in [-0.2, 0) is 16.1 Å². The SMILES string of the molecule is COC(=O)Cn1ncc(NC2CCN(C)C2)c(Cl)c1=O. The van der Waals surface area contributed by atoms with E-state index in [0.29, 0.717) is 5.69 Å². The second-order valence-electron chi connectivity index (χ2n) is 4.80. The topological polar surface area (TPSA) is 76.5 Å². The van der Waals surface area contributed by atoms with Gasteiger partial charge in [0.1, 0.15) is 11.6 Å². The van der Waals surface area contributed by atoms with Crippen LogP contribution in [0.5, 0.6) is 0 Å². The summed E-state index contributed by atoms with van der Waals surface area (Å²) in [5.74, 6) is -0.547. The highest BCUT2D eigenvalue weighted by Crippen LogP contribution is 2.19. The molecular weight excluding hydrogens is 284 g/mol. The van der Waals surface area contributed by atoms with Gasteiger partial charge >= 0.3 is 5.97 Å². The first-order valence-electron chi connectivity index (χ1n) is 6.28. The number of methoxy groups -OCH3 is 1. The Morgan fingerprint density at radius 3 is 3.00 bits per heavy atom. The second-order valence-corrected chi connectivity index (χ2v) is 5.18. The number of likely N-dealkylation sites (tertiary alicyclic amines) is 1. The summed E-state index contributed by atoms with van der Waals surface area (Å²) >= 11 is 6.04. The van der Waals surface area contributed by atoms with Gasteiger partial charge in [0.25, 0.3) is 5.56 Å². The van der Waals surface area contributed by atoms with E-state index in [0.717, 1.165) is 24.2 Å². The molecule has 1 fully saturated rings. The Hall–Kier alpha value is -1.60. The lowest BCUT2D eigenvalue weighted by Gasteiger charge is -2.15. The van der Waals surface area contributed by atoms with Crippen LogP contribution in [0.15, 0.2) is 11.0 Å². The molecule has 0 saturated carbocycles. The Labute approximate surface area is 121 Å². The first-order chi connectivity index (χ1) is 9.51. The Balaban J connectivity index is 2.14. The lowest BCUT2D eigenvalue weighted by molar-refractivity contribution is -0.141. The van der Waals surface area contributed by atoms with Crippen molar-refractivity contribution in [2.24, 2.45) is 0 Å². The van der Waals surface area contributed by atoms with Crippen molar-refractivity contribution in [2.75, 3.05) is 32.6 Å². The molecule has 0 aromatic carbocycles. The maximum Gasteiger partial charge on any atom is 0.327 e. The molecule has 0 amide bonds. The summed E-state index contributed by atoms with van der Waals surface area (Å²) in [7, 11) is 3.29. The molecule has 20 heavy (non-hydrogen) atoms. The van der Waals surface area contributed by atoms with Crippen molar-refractivity contribution < 1.29 is 9.53 Å². The molecule has 1 N–H and O–H groups in total. The van der Waals surface area contributed by atoms with Crippen molar-refractivity contribution in [3.63, 3.8) is 0 Å². The van der Waals surface area contributed by atoms with Crippen LogP contribution in [0, 0.1) is 0 Å². The van der Waals surface area contributed by atoms with E-state index in [1.54, 1.807) is 0 Å². The summed E-state index contributed by atoms with van der Waals surface area (Å²) in [5.41, 5.74) is -0.00787. The van der Waals surface area contributed by atoms with Gasteiger partial charge in [-0.25, -0.2) is 4.68 Å². The predicted octanol–water partition coefficient (Wildman–Crippen LogP) is 0.186. The third-order valence-corrected chi connectivity index (χ3v) is 3.61. The van der Waals surface area contributed by atoms with Crippen LogP contribution in [0.4, 0.5) is 5.69 Å². The van der Waals surface area contributed by atoms with E-state index < -0.39 is 11.5 Å². The van der Waals surface area contributed by atoms with Crippen molar-refractivity contribution in [1.29, 1.82) is 0 Å². The zero-order chi connectivity index (χ0) is 14.7. The normalized spacial score (nSPS) is 19.1. The maximum atomic E-state index is 12.0. The third kappa shape index (κ3) is 3.29. The number of likely N-dealkylation sites (N-methyl/N-ethyl adjacent to an activating group) is 1. The number of hydrogen-bond donors (Lipinski definition) is 1. The van der Waals surface area contributed by atoms with Crippen molar-refractivity contribution in [3.8, 4) is 0 Å². The second kappa shape index (κ2) is 6.23. The van der Waals surface area contributed by atoms with Crippen molar-refractivity contribution in [3.05, 3.63) is 21.6 Å². The van der Waals surface area contributed by atoms with Crippen LogP contribution < -0.4 is 10.9 Å². The first-order valence-corrected chi connectivity index (χ1v) is 6.66. The van der Waals surface area contributed by atoms with Crippen molar-refractivity contribution in [1.82, 2.24) is 14.7 Å². The van der Waals surface area contributed by atoms with Crippen LogP contribution in [-0.4, -0.2) is 53.9 Å². The molecule has 0 aliphatic carbocycles. The molecule has 1 atom stereocenters. The fourth-order valence-electron chi connectivity index (χ4n) is 2.14. The quantitative estimate of drug-likeness (QED) is 0.800. The van der Waals surface area contributed by atoms with Crippen molar-refractivity contribution in [2.45, 2.75) is 19.0 Å². The number of carbonyl (C=O) groups is 1. The molecule has 1 unspecified atom stereocenters. The number of halogens is 1. The minimum absolute atomic E-state index is 0.0402. The number of nitrogens with zero attached hydrogens (tertiary/aromatic N) is 3. The van der Waals surface area contributed by atoms with Crippen LogP contribution in [0.3, 0.4) is 0 Å². The monoisotopic (exact) mass is 300 g/mol. The van der Waals surface area contributed by atoms with Gasteiger partial charge in [-0.05, 0) is 20.0 Å². The summed E-state index contributed by atoms with van der Waals surface area (Å²) < 4.78 is 5.48. The molecular formula is C12H17ClN4O3. The fourth-order valence-corrected chi connectivity index (χ4v) is 2.34. The zero-order valence-corrected chi connectivity index (χ0v) is 12.2. The molecule has 110 valence electrons. The van der Waals surface area contributed by atoms with Gasteiger partial charge in [-0.15, -0.1) is 0 Å². The van der Waals surface area contributed by atoms with Crippen LogP contribution in [0.2, 0.25) is 5.02 Å². The van der Waals surface area contributed by atoms with Crippen molar-refractivity contribution >= 4 is 23.3 Å². The third-order valence-electron chi connectivity index (χ3n) is 3.24. The number of hydrogen-bond acceptors (Lipinski definition) is 6. The van der Waals surface area contributed by atoms with Gasteiger partial charge in [0, 0.05) is 12.6 Å². The number of nitrogens with one attached hydrogen (secondary N) is 1. The average molecular weight is 301 g/mol. The molecule has 2 heterocycles. The molecule has 0 bridgehead atoms.